The first-order valence-corrected chi connectivity index (χ1v) is 6.38. The predicted octanol–water partition coefficient (Wildman–Crippen LogP) is 1.92. The van der Waals surface area contributed by atoms with E-state index in [2.05, 4.69) is 5.32 Å². The Bertz CT molecular complexity index is 547. The first-order chi connectivity index (χ1) is 9.56. The number of hydrogen-bond acceptors (Lipinski definition) is 4. The van der Waals surface area contributed by atoms with Crippen LogP contribution in [-0.4, -0.2) is 29.0 Å². The number of aliphatic hydroxyl groups excluding tert-OH is 2. The van der Waals surface area contributed by atoms with E-state index in [-0.39, 0.29) is 19.0 Å². The smallest absolute Gasteiger partial charge is 0.134 e. The summed E-state index contributed by atoms with van der Waals surface area (Å²) < 4.78 is 18.5. The zero-order valence-electron chi connectivity index (χ0n) is 11.3. The van der Waals surface area contributed by atoms with Crippen LogP contribution in [0.3, 0.4) is 0 Å². The van der Waals surface area contributed by atoms with Crippen molar-refractivity contribution in [1.82, 2.24) is 5.32 Å². The van der Waals surface area contributed by atoms with Crippen molar-refractivity contribution in [2.75, 3.05) is 13.2 Å². The van der Waals surface area contributed by atoms with Crippen LogP contribution in [0.4, 0.5) is 4.39 Å². The van der Waals surface area contributed by atoms with Crippen molar-refractivity contribution in [3.8, 4) is 11.3 Å². The van der Waals surface area contributed by atoms with E-state index >= 15 is 0 Å². The highest BCUT2D eigenvalue weighted by Gasteiger charge is 2.21. The summed E-state index contributed by atoms with van der Waals surface area (Å²) in [6.45, 7) is 1.76. The van der Waals surface area contributed by atoms with Gasteiger partial charge in [0.15, 0.2) is 0 Å². The lowest BCUT2D eigenvalue weighted by Gasteiger charge is -2.25. The summed E-state index contributed by atoms with van der Waals surface area (Å²) in [6, 6.07) is 9.67. The largest absolute Gasteiger partial charge is 0.460 e. The molecule has 108 valence electrons. The van der Waals surface area contributed by atoms with Crippen molar-refractivity contribution in [3.63, 3.8) is 0 Å². The highest BCUT2D eigenvalue weighted by molar-refractivity contribution is 5.57. The Morgan fingerprint density at radius 2 is 1.75 bits per heavy atom. The lowest BCUT2D eigenvalue weighted by atomic mass is 10.1. The summed E-state index contributed by atoms with van der Waals surface area (Å²) in [6.07, 6.45) is 0. The zero-order chi connectivity index (χ0) is 14.6. The molecule has 0 radical (unpaired) electrons. The molecular weight excluding hydrogens is 261 g/mol. The third-order valence-electron chi connectivity index (χ3n) is 3.18. The Morgan fingerprint density at radius 3 is 2.35 bits per heavy atom. The molecule has 0 bridgehead atoms. The molecule has 0 unspecified atom stereocenters. The van der Waals surface area contributed by atoms with Gasteiger partial charge in [-0.1, -0.05) is 0 Å². The van der Waals surface area contributed by atoms with E-state index < -0.39 is 5.54 Å². The third-order valence-corrected chi connectivity index (χ3v) is 3.18. The van der Waals surface area contributed by atoms with Crippen molar-refractivity contribution in [2.45, 2.75) is 19.0 Å². The van der Waals surface area contributed by atoms with Crippen molar-refractivity contribution in [2.24, 2.45) is 0 Å². The Hall–Kier alpha value is -1.69. The van der Waals surface area contributed by atoms with Crippen LogP contribution in [0.2, 0.25) is 0 Å². The van der Waals surface area contributed by atoms with Crippen LogP contribution < -0.4 is 5.32 Å². The number of halogens is 1. The Labute approximate surface area is 116 Å². The fraction of sp³-hybridized carbons (Fsp3) is 0.333. The molecule has 3 N–H and O–H groups in total. The average molecular weight is 279 g/mol. The molecule has 20 heavy (non-hydrogen) atoms. The minimum atomic E-state index is -0.747. The van der Waals surface area contributed by atoms with Crippen LogP contribution >= 0.6 is 0 Å². The minimum Gasteiger partial charge on any atom is -0.460 e. The van der Waals surface area contributed by atoms with Gasteiger partial charge in [0.05, 0.1) is 25.3 Å². The van der Waals surface area contributed by atoms with Crippen LogP contribution in [0.25, 0.3) is 11.3 Å². The van der Waals surface area contributed by atoms with Gasteiger partial charge in [-0.15, -0.1) is 0 Å². The first-order valence-electron chi connectivity index (χ1n) is 6.38. The highest BCUT2D eigenvalue weighted by Crippen LogP contribution is 2.22. The second-order valence-corrected chi connectivity index (χ2v) is 5.00. The second kappa shape index (κ2) is 6.17. The molecule has 0 aliphatic rings. The molecule has 5 heteroatoms. The normalized spacial score (nSPS) is 11.8. The van der Waals surface area contributed by atoms with Crippen LogP contribution in [0.1, 0.15) is 12.7 Å². The molecule has 1 heterocycles. The van der Waals surface area contributed by atoms with Crippen LogP contribution in [-0.2, 0) is 6.54 Å². The molecule has 0 atom stereocenters. The summed E-state index contributed by atoms with van der Waals surface area (Å²) in [7, 11) is 0. The van der Waals surface area contributed by atoms with Gasteiger partial charge < -0.3 is 19.9 Å². The zero-order valence-corrected chi connectivity index (χ0v) is 11.3. The molecule has 2 aromatic rings. The van der Waals surface area contributed by atoms with Gasteiger partial charge >= 0.3 is 0 Å². The van der Waals surface area contributed by atoms with E-state index in [9.17, 15) is 14.6 Å². The molecular formula is C15H18FNO3. The Morgan fingerprint density at radius 1 is 1.10 bits per heavy atom. The molecule has 0 fully saturated rings. The van der Waals surface area contributed by atoms with Gasteiger partial charge in [-0.05, 0) is 43.3 Å². The van der Waals surface area contributed by atoms with Crippen molar-refractivity contribution in [1.29, 1.82) is 0 Å². The monoisotopic (exact) mass is 279 g/mol. The molecule has 1 aromatic heterocycles. The van der Waals surface area contributed by atoms with Gasteiger partial charge in [-0.2, -0.15) is 0 Å². The molecule has 0 spiro atoms. The topological polar surface area (TPSA) is 65.6 Å². The van der Waals surface area contributed by atoms with Gasteiger partial charge in [0.25, 0.3) is 0 Å². The van der Waals surface area contributed by atoms with E-state index in [1.165, 1.54) is 12.1 Å². The van der Waals surface area contributed by atoms with Crippen LogP contribution in [0, 0.1) is 5.82 Å². The lowest BCUT2D eigenvalue weighted by molar-refractivity contribution is 0.101. The van der Waals surface area contributed by atoms with Gasteiger partial charge in [-0.25, -0.2) is 4.39 Å². The van der Waals surface area contributed by atoms with Gasteiger partial charge in [0, 0.05) is 5.56 Å². The number of benzene rings is 1. The maximum absolute atomic E-state index is 12.8. The van der Waals surface area contributed by atoms with Gasteiger partial charge in [0.2, 0.25) is 0 Å². The summed E-state index contributed by atoms with van der Waals surface area (Å²) in [4.78, 5) is 0. The molecule has 0 aliphatic carbocycles. The molecule has 0 aliphatic heterocycles. The predicted molar refractivity (Wildman–Crippen MR) is 73.5 cm³/mol. The van der Waals surface area contributed by atoms with E-state index in [1.807, 2.05) is 0 Å². The molecule has 2 rings (SSSR count). The quantitative estimate of drug-likeness (QED) is 0.756. The number of nitrogens with one attached hydrogen (secondary N) is 1. The number of furan rings is 1. The van der Waals surface area contributed by atoms with E-state index in [4.69, 9.17) is 4.42 Å². The maximum Gasteiger partial charge on any atom is 0.134 e. The Balaban J connectivity index is 2.04. The van der Waals surface area contributed by atoms with Crippen LogP contribution in [0.5, 0.6) is 0 Å². The summed E-state index contributed by atoms with van der Waals surface area (Å²) >= 11 is 0. The van der Waals surface area contributed by atoms with Crippen molar-refractivity contribution >= 4 is 0 Å². The summed E-state index contributed by atoms with van der Waals surface area (Å²) in [5.41, 5.74) is 0.0489. The van der Waals surface area contributed by atoms with Gasteiger partial charge in [-0.3, -0.25) is 0 Å². The molecule has 0 amide bonds. The lowest BCUT2D eigenvalue weighted by Crippen LogP contribution is -2.48. The van der Waals surface area contributed by atoms with E-state index in [0.717, 1.165) is 5.56 Å². The summed E-state index contributed by atoms with van der Waals surface area (Å²) in [5, 5.41) is 21.4. The first kappa shape index (κ1) is 14.7. The standard InChI is InChI=1S/C15H18FNO3/c1-15(9-18,10-19)17-8-13-6-7-14(20-13)11-2-4-12(16)5-3-11/h2-7,17-19H,8-10H2,1H3. The second-order valence-electron chi connectivity index (χ2n) is 5.00. The van der Waals surface area contributed by atoms with Gasteiger partial charge in [0.1, 0.15) is 17.3 Å². The number of hydrogen-bond donors (Lipinski definition) is 3. The fourth-order valence-electron chi connectivity index (χ4n) is 1.70. The number of rotatable bonds is 6. The van der Waals surface area contributed by atoms with Crippen molar-refractivity contribution in [3.05, 3.63) is 48.0 Å². The van der Waals surface area contributed by atoms with Crippen molar-refractivity contribution < 1.29 is 19.0 Å². The number of aliphatic hydroxyl groups is 2. The average Bonchev–Trinajstić information content (AvgIpc) is 2.94. The minimum absolute atomic E-state index is 0.172. The molecule has 0 saturated carbocycles. The molecule has 1 aromatic carbocycles. The SMILES string of the molecule is CC(CO)(CO)NCc1ccc(-c2ccc(F)cc2)o1. The molecule has 0 saturated heterocycles. The van der Waals surface area contributed by atoms with E-state index in [1.54, 1.807) is 31.2 Å². The molecule has 4 nitrogen and oxygen atoms in total. The summed E-state index contributed by atoms with van der Waals surface area (Å²) in [5.74, 6) is 1.04. The maximum atomic E-state index is 12.8. The fourth-order valence-corrected chi connectivity index (χ4v) is 1.70. The third kappa shape index (κ3) is 3.45. The highest BCUT2D eigenvalue weighted by atomic mass is 19.1. The Kier molecular flexibility index (Phi) is 4.54. The van der Waals surface area contributed by atoms with E-state index in [0.29, 0.717) is 18.1 Å². The van der Waals surface area contributed by atoms with Crippen LogP contribution in [0.15, 0.2) is 40.8 Å².